The molecule has 8 fully saturated rings. The fraction of sp³-hybridized carbons (Fsp3) is 0.467. The molecule has 4 bridgehead atoms. The summed E-state index contributed by atoms with van der Waals surface area (Å²) in [5.41, 5.74) is 0.681. The summed E-state index contributed by atoms with van der Waals surface area (Å²) in [5, 5.41) is 20.5. The molecule has 0 unspecified atom stereocenters. The average Bonchev–Trinajstić information content (AvgIpc) is 3.70. The van der Waals surface area contributed by atoms with Crippen LogP contribution in [0.15, 0.2) is 48.5 Å². The first-order valence-electron chi connectivity index (χ1n) is 14.8. The number of hydrogen-bond acceptors (Lipinski definition) is 11. The molecule has 0 saturated carbocycles. The predicted molar refractivity (Wildman–Crippen MR) is 174 cm³/mol. The number of aliphatic hydroxyl groups excluding tert-OH is 1. The number of carbonyl (C=O) groups excluding carboxylic acids is 4. The van der Waals surface area contributed by atoms with Crippen molar-refractivity contribution in [3.05, 3.63) is 59.7 Å². The number of amides is 4. The summed E-state index contributed by atoms with van der Waals surface area (Å²) in [5.74, 6) is -0.935. The van der Waals surface area contributed by atoms with Gasteiger partial charge in [-0.3, -0.25) is 29.0 Å². The van der Waals surface area contributed by atoms with E-state index in [4.69, 9.17) is 0 Å². The summed E-state index contributed by atoms with van der Waals surface area (Å²) in [4.78, 5) is 59.5. The number of benzene rings is 2. The summed E-state index contributed by atoms with van der Waals surface area (Å²) < 4.78 is 0. The van der Waals surface area contributed by atoms with E-state index >= 15 is 0 Å². The van der Waals surface area contributed by atoms with Crippen LogP contribution in [0.25, 0.3) is 0 Å². The first-order chi connectivity index (χ1) is 21.4. The van der Waals surface area contributed by atoms with Crippen LogP contribution in [0.2, 0.25) is 0 Å². The number of para-hydroxylation sites is 2. The number of nitrogens with one attached hydrogen (secondary N) is 2. The summed E-state index contributed by atoms with van der Waals surface area (Å²) in [6.45, 7) is 3.54. The Balaban J connectivity index is 1.33. The molecule has 2 aromatic carbocycles. The summed E-state index contributed by atoms with van der Waals surface area (Å²) in [6, 6.07) is 15.5. The Kier molecular flexibility index (Phi) is 4.69. The maximum Gasteiger partial charge on any atom is 0.264 e. The fourth-order valence-corrected chi connectivity index (χ4v) is 16.8. The lowest BCUT2D eigenvalue weighted by atomic mass is 9.53. The molecule has 12 rings (SSSR count). The Labute approximate surface area is 274 Å². The van der Waals surface area contributed by atoms with Crippen LogP contribution in [0.1, 0.15) is 31.4 Å². The highest BCUT2D eigenvalue weighted by Crippen LogP contribution is 2.78. The van der Waals surface area contributed by atoms with Gasteiger partial charge in [0.15, 0.2) is 14.6 Å². The second-order valence-electron chi connectivity index (χ2n) is 13.5. The normalized spacial score (nSPS) is 46.1. The minimum atomic E-state index is -1.63. The Bertz CT molecular complexity index is 1860. The van der Waals surface area contributed by atoms with Crippen molar-refractivity contribution in [2.45, 2.75) is 69.0 Å². The van der Waals surface area contributed by atoms with Crippen LogP contribution in [0, 0.1) is 0 Å². The van der Waals surface area contributed by atoms with E-state index in [-0.39, 0.29) is 30.0 Å². The molecule has 9 atom stereocenters. The summed E-state index contributed by atoms with van der Waals surface area (Å²) in [6.07, 6.45) is -2.82. The lowest BCUT2D eigenvalue weighted by Gasteiger charge is -2.58. The van der Waals surface area contributed by atoms with Gasteiger partial charge in [-0.1, -0.05) is 68.8 Å². The van der Waals surface area contributed by atoms with E-state index in [0.29, 0.717) is 0 Å². The number of hydrogen-bond donors (Lipinski definition) is 3. The van der Waals surface area contributed by atoms with E-state index in [0.717, 1.165) is 22.5 Å². The number of nitrogens with zero attached hydrogens (tertiary/aromatic N) is 4. The van der Waals surface area contributed by atoms with E-state index in [9.17, 15) is 24.3 Å². The van der Waals surface area contributed by atoms with Crippen molar-refractivity contribution >= 4 is 78.2 Å². The van der Waals surface area contributed by atoms with Gasteiger partial charge < -0.3 is 25.5 Å². The average molecular weight is 681 g/mol. The molecular weight excluding hydrogens is 653 g/mol. The first kappa shape index (κ1) is 27.4. The Morgan fingerprint density at radius 3 is 1.98 bits per heavy atom. The molecule has 232 valence electrons. The maximum atomic E-state index is 14.6. The molecule has 45 heavy (non-hydrogen) atoms. The van der Waals surface area contributed by atoms with Crippen LogP contribution < -0.4 is 10.6 Å². The molecule has 2 spiro atoms. The second-order valence-corrected chi connectivity index (χ2v) is 19.0. The number of aliphatic hydroxyl groups is 1. The molecular formula is C30H28N6O5S4. The molecule has 10 heterocycles. The monoisotopic (exact) mass is 680 g/mol. The minimum absolute atomic E-state index is 0.165. The Morgan fingerprint density at radius 1 is 0.711 bits per heavy atom. The van der Waals surface area contributed by atoms with E-state index < -0.39 is 48.7 Å². The number of rotatable bonds is 1. The minimum Gasteiger partial charge on any atom is -0.388 e. The summed E-state index contributed by atoms with van der Waals surface area (Å²) in [7, 11) is 8.67. The maximum absolute atomic E-state index is 14.6. The van der Waals surface area contributed by atoms with Gasteiger partial charge in [-0.25, -0.2) is 0 Å². The van der Waals surface area contributed by atoms with E-state index in [1.54, 1.807) is 42.6 Å². The van der Waals surface area contributed by atoms with Gasteiger partial charge in [0, 0.05) is 31.9 Å². The lowest BCUT2D eigenvalue weighted by Crippen LogP contribution is -2.77. The van der Waals surface area contributed by atoms with Crippen molar-refractivity contribution in [2.75, 3.05) is 24.7 Å². The van der Waals surface area contributed by atoms with Gasteiger partial charge in [0.25, 0.3) is 23.6 Å². The van der Waals surface area contributed by atoms with Crippen molar-refractivity contribution < 1.29 is 24.3 Å². The van der Waals surface area contributed by atoms with Gasteiger partial charge in [-0.05, 0) is 47.9 Å². The molecule has 10 aliphatic rings. The van der Waals surface area contributed by atoms with Crippen molar-refractivity contribution in [2.24, 2.45) is 0 Å². The number of piperazine rings is 2. The number of likely N-dealkylation sites (N-methyl/N-ethyl adjacent to an activating group) is 2. The van der Waals surface area contributed by atoms with E-state index in [1.165, 1.54) is 48.1 Å². The Hall–Kier alpha value is -2.72. The van der Waals surface area contributed by atoms with Gasteiger partial charge >= 0.3 is 0 Å². The molecule has 0 radical (unpaired) electrons. The lowest BCUT2D eigenvalue weighted by molar-refractivity contribution is -0.166. The van der Waals surface area contributed by atoms with Crippen molar-refractivity contribution in [1.82, 2.24) is 19.6 Å². The van der Waals surface area contributed by atoms with Gasteiger partial charge in [-0.2, -0.15) is 0 Å². The molecule has 0 aromatic heterocycles. The predicted octanol–water partition coefficient (Wildman–Crippen LogP) is 2.36. The smallest absolute Gasteiger partial charge is 0.264 e. The zero-order chi connectivity index (χ0) is 31.3. The van der Waals surface area contributed by atoms with Crippen LogP contribution in [0.3, 0.4) is 0 Å². The van der Waals surface area contributed by atoms with Crippen LogP contribution in [-0.4, -0.2) is 100 Å². The third kappa shape index (κ3) is 2.36. The largest absolute Gasteiger partial charge is 0.388 e. The quantitative estimate of drug-likeness (QED) is 0.385. The molecule has 15 heteroatoms. The van der Waals surface area contributed by atoms with Crippen molar-refractivity contribution in [3.63, 3.8) is 0 Å². The third-order valence-electron chi connectivity index (χ3n) is 12.0. The van der Waals surface area contributed by atoms with E-state index in [1.807, 2.05) is 48.5 Å². The van der Waals surface area contributed by atoms with Crippen molar-refractivity contribution in [1.29, 1.82) is 0 Å². The zero-order valence-electron chi connectivity index (χ0n) is 24.6. The molecule has 4 amide bonds. The molecule has 3 N–H and O–H groups in total. The van der Waals surface area contributed by atoms with E-state index in [2.05, 4.69) is 10.6 Å². The van der Waals surface area contributed by atoms with Crippen LogP contribution in [0.5, 0.6) is 0 Å². The third-order valence-corrected chi connectivity index (χ3v) is 19.4. The highest BCUT2D eigenvalue weighted by Gasteiger charge is 2.90. The summed E-state index contributed by atoms with van der Waals surface area (Å²) >= 11 is 0. The first-order valence-corrected chi connectivity index (χ1v) is 19.1. The Morgan fingerprint density at radius 2 is 1.27 bits per heavy atom. The second kappa shape index (κ2) is 7.70. The highest BCUT2D eigenvalue weighted by atomic mass is 33.1. The van der Waals surface area contributed by atoms with Gasteiger partial charge in [-0.15, -0.1) is 0 Å². The molecule has 11 nitrogen and oxygen atoms in total. The van der Waals surface area contributed by atoms with Crippen LogP contribution in [-0.2, 0) is 30.0 Å². The molecule has 10 aliphatic heterocycles. The van der Waals surface area contributed by atoms with Gasteiger partial charge in [0.2, 0.25) is 4.87 Å². The van der Waals surface area contributed by atoms with Crippen molar-refractivity contribution in [3.8, 4) is 0 Å². The molecule has 0 aliphatic carbocycles. The molecule has 8 saturated heterocycles. The zero-order valence-corrected chi connectivity index (χ0v) is 27.8. The SMILES string of the molecule is CN1C(=O)[C@@]23C[C@]4([C@@]56c7ccccc7N[C@@H]5N5C(=O)[C@@]7(C)SS[C@]5(C(=O)N7C)[C@H]6O)c5ccccc5N[C@@H]4N2C(=O)[C@]1(C)SS3. The standard InChI is InChI=1S/C30H28N6O5S4/c1-25-21(38)35-19-27(14-9-5-7-11-16(14)31-19,13-28(35,44-42-25)23(40)33(25)3)29-15-10-6-8-12-17(15)32-20(29)36-22(39)26(2)34(4)24(41)30(36,18(29)37)45-43-26/h5-12,18-20,31-32,37H,13H2,1-4H3/t18-,19+,20+,25-,26+,27-,28-,29+,30-/m0/s1. The topological polar surface area (TPSA) is 126 Å². The van der Waals surface area contributed by atoms with Crippen LogP contribution in [0.4, 0.5) is 11.4 Å². The fourth-order valence-electron chi connectivity index (χ4n) is 9.74. The number of fused-ring (bicyclic) bond motifs is 11. The van der Waals surface area contributed by atoms with Crippen LogP contribution >= 0.6 is 43.2 Å². The van der Waals surface area contributed by atoms with Gasteiger partial charge in [0.1, 0.15) is 18.4 Å². The number of carbonyl (C=O) groups is 4. The number of anilines is 2. The highest BCUT2D eigenvalue weighted by molar-refractivity contribution is 8.78. The molecule has 2 aromatic rings. The van der Waals surface area contributed by atoms with Gasteiger partial charge in [0.05, 0.1) is 10.8 Å².